The van der Waals surface area contributed by atoms with Crippen molar-refractivity contribution in [3.8, 4) is 0 Å². The van der Waals surface area contributed by atoms with Gasteiger partial charge in [-0.2, -0.15) is 0 Å². The minimum atomic E-state index is -2.96. The van der Waals surface area contributed by atoms with E-state index in [1.54, 1.807) is 0 Å². The largest absolute Gasteiger partial charge is 0.338 e. The summed E-state index contributed by atoms with van der Waals surface area (Å²) in [7, 11) is -2.96. The second-order valence-electron chi connectivity index (χ2n) is 5.76. The van der Waals surface area contributed by atoms with Gasteiger partial charge in [0.15, 0.2) is 9.84 Å². The molecule has 0 aliphatic carbocycles. The minimum Gasteiger partial charge on any atom is -0.338 e. The lowest BCUT2D eigenvalue weighted by Crippen LogP contribution is -2.50. The first kappa shape index (κ1) is 12.4. The number of carbonyl (C=O) groups excluding carboxylic acids is 1. The van der Waals surface area contributed by atoms with Gasteiger partial charge in [-0.25, -0.2) is 8.42 Å². The molecule has 0 aromatic carbocycles. The van der Waals surface area contributed by atoms with Gasteiger partial charge in [0.25, 0.3) is 0 Å². The molecular weight excluding hydrogens is 252 g/mol. The van der Waals surface area contributed by atoms with Gasteiger partial charge in [-0.15, -0.1) is 0 Å². The van der Waals surface area contributed by atoms with E-state index in [0.717, 1.165) is 26.1 Å². The highest BCUT2D eigenvalue weighted by atomic mass is 32.2. The van der Waals surface area contributed by atoms with Crippen molar-refractivity contribution in [3.63, 3.8) is 0 Å². The van der Waals surface area contributed by atoms with Crippen LogP contribution in [0.5, 0.6) is 0 Å². The quantitative estimate of drug-likeness (QED) is 0.707. The second kappa shape index (κ2) is 4.49. The molecule has 5 nitrogen and oxygen atoms in total. The van der Waals surface area contributed by atoms with Gasteiger partial charge in [-0.3, -0.25) is 4.79 Å². The van der Waals surface area contributed by atoms with Crippen molar-refractivity contribution in [2.75, 3.05) is 31.1 Å². The fourth-order valence-corrected chi connectivity index (χ4v) is 5.30. The third-order valence-corrected chi connectivity index (χ3v) is 6.31. The fraction of sp³-hybridized carbons (Fsp3) is 0.917. The molecule has 0 bridgehead atoms. The predicted molar refractivity (Wildman–Crippen MR) is 67.9 cm³/mol. The summed E-state index contributed by atoms with van der Waals surface area (Å²) in [6.45, 7) is 2.67. The molecule has 3 aliphatic heterocycles. The average Bonchev–Trinajstić information content (AvgIpc) is 2.93. The Labute approximate surface area is 108 Å². The second-order valence-corrected chi connectivity index (χ2v) is 7.99. The molecule has 0 aromatic heterocycles. The number of sulfone groups is 1. The zero-order chi connectivity index (χ0) is 12.8. The fourth-order valence-electron chi connectivity index (χ4n) is 3.57. The lowest BCUT2D eigenvalue weighted by atomic mass is 9.91. The molecule has 0 aromatic rings. The highest BCUT2D eigenvalue weighted by Gasteiger charge is 2.42. The normalized spacial score (nSPS) is 38.7. The van der Waals surface area contributed by atoms with Gasteiger partial charge >= 0.3 is 0 Å². The summed E-state index contributed by atoms with van der Waals surface area (Å²) in [5, 5.41) is 3.34. The van der Waals surface area contributed by atoms with E-state index in [4.69, 9.17) is 0 Å². The van der Waals surface area contributed by atoms with Crippen LogP contribution in [0.15, 0.2) is 0 Å². The van der Waals surface area contributed by atoms with E-state index in [1.165, 1.54) is 6.42 Å². The van der Waals surface area contributed by atoms with Gasteiger partial charge in [0.05, 0.1) is 17.4 Å². The number of fused-ring (bicyclic) bond motifs is 1. The van der Waals surface area contributed by atoms with Crippen LogP contribution in [0.4, 0.5) is 0 Å². The molecule has 3 fully saturated rings. The maximum Gasteiger partial charge on any atom is 0.227 e. The number of rotatable bonds is 1. The van der Waals surface area contributed by atoms with Crippen LogP contribution in [0.3, 0.4) is 0 Å². The van der Waals surface area contributed by atoms with E-state index in [2.05, 4.69) is 5.32 Å². The molecule has 3 heterocycles. The number of amides is 1. The highest BCUT2D eigenvalue weighted by molar-refractivity contribution is 7.91. The Morgan fingerprint density at radius 3 is 2.78 bits per heavy atom. The summed E-state index contributed by atoms with van der Waals surface area (Å²) in [5.74, 6) is 0.612. The zero-order valence-corrected chi connectivity index (χ0v) is 11.3. The Balaban J connectivity index is 1.72. The van der Waals surface area contributed by atoms with E-state index >= 15 is 0 Å². The Morgan fingerprint density at radius 1 is 1.22 bits per heavy atom. The van der Waals surface area contributed by atoms with Crippen molar-refractivity contribution in [2.24, 2.45) is 11.8 Å². The van der Waals surface area contributed by atoms with Crippen LogP contribution in [0.25, 0.3) is 0 Å². The summed E-state index contributed by atoms with van der Waals surface area (Å²) in [4.78, 5) is 14.4. The zero-order valence-electron chi connectivity index (χ0n) is 10.5. The van der Waals surface area contributed by atoms with Crippen molar-refractivity contribution >= 4 is 15.7 Å². The summed E-state index contributed by atoms with van der Waals surface area (Å²) in [6.07, 6.45) is 2.75. The number of hydrogen-bond acceptors (Lipinski definition) is 4. The number of nitrogens with one attached hydrogen (secondary N) is 1. The third kappa shape index (κ3) is 2.16. The van der Waals surface area contributed by atoms with Crippen LogP contribution in [-0.2, 0) is 14.6 Å². The van der Waals surface area contributed by atoms with Crippen molar-refractivity contribution in [3.05, 3.63) is 0 Å². The Morgan fingerprint density at radius 2 is 2.06 bits per heavy atom. The summed E-state index contributed by atoms with van der Waals surface area (Å²) < 4.78 is 22.9. The van der Waals surface area contributed by atoms with Gasteiger partial charge in [-0.1, -0.05) is 0 Å². The van der Waals surface area contributed by atoms with Crippen molar-refractivity contribution < 1.29 is 13.2 Å². The molecule has 3 rings (SSSR count). The van der Waals surface area contributed by atoms with Gasteiger partial charge in [0, 0.05) is 25.7 Å². The number of carbonyl (C=O) groups is 1. The van der Waals surface area contributed by atoms with Crippen molar-refractivity contribution in [1.82, 2.24) is 10.2 Å². The number of hydrogen-bond donors (Lipinski definition) is 1. The molecule has 3 saturated heterocycles. The van der Waals surface area contributed by atoms with E-state index in [-0.39, 0.29) is 23.3 Å². The van der Waals surface area contributed by atoms with E-state index in [9.17, 15) is 13.2 Å². The molecular formula is C12H20N2O3S. The SMILES string of the molecule is O=C(C1CCS(=O)(=O)C1)N1CCCC2CNCC21. The molecule has 3 atom stereocenters. The van der Waals surface area contributed by atoms with Crippen molar-refractivity contribution in [2.45, 2.75) is 25.3 Å². The molecule has 0 saturated carbocycles. The Bertz CT molecular complexity index is 448. The molecule has 1 amide bonds. The number of likely N-dealkylation sites (tertiary alicyclic amines) is 1. The van der Waals surface area contributed by atoms with E-state index < -0.39 is 9.84 Å². The topological polar surface area (TPSA) is 66.5 Å². The molecule has 3 unspecified atom stereocenters. The monoisotopic (exact) mass is 272 g/mol. The van der Waals surface area contributed by atoms with Crippen LogP contribution < -0.4 is 5.32 Å². The van der Waals surface area contributed by atoms with Crippen LogP contribution in [-0.4, -0.2) is 56.4 Å². The maximum atomic E-state index is 12.5. The van der Waals surface area contributed by atoms with E-state index in [0.29, 0.717) is 18.4 Å². The first-order valence-electron chi connectivity index (χ1n) is 6.78. The van der Waals surface area contributed by atoms with E-state index in [1.807, 2.05) is 4.90 Å². The molecule has 18 heavy (non-hydrogen) atoms. The predicted octanol–water partition coefficient (Wildman–Crippen LogP) is -0.368. The standard InChI is InChI=1S/C12H20N2O3S/c15-12(10-3-5-18(16,17)8-10)14-4-1-2-9-6-13-7-11(9)14/h9-11,13H,1-8H2. The molecule has 0 radical (unpaired) electrons. The van der Waals surface area contributed by atoms with Crippen LogP contribution in [0.1, 0.15) is 19.3 Å². The summed E-state index contributed by atoms with van der Waals surface area (Å²) in [6, 6.07) is 0.301. The maximum absolute atomic E-state index is 12.5. The molecule has 6 heteroatoms. The molecule has 1 N–H and O–H groups in total. The number of piperidine rings is 1. The van der Waals surface area contributed by atoms with Crippen LogP contribution in [0.2, 0.25) is 0 Å². The smallest absolute Gasteiger partial charge is 0.227 e. The average molecular weight is 272 g/mol. The first-order valence-corrected chi connectivity index (χ1v) is 8.60. The Hall–Kier alpha value is -0.620. The van der Waals surface area contributed by atoms with Gasteiger partial charge in [0.2, 0.25) is 5.91 Å². The lowest BCUT2D eigenvalue weighted by molar-refractivity contribution is -0.139. The summed E-state index contributed by atoms with van der Waals surface area (Å²) >= 11 is 0. The summed E-state index contributed by atoms with van der Waals surface area (Å²) in [5.41, 5.74) is 0. The van der Waals surface area contributed by atoms with Crippen molar-refractivity contribution in [1.29, 1.82) is 0 Å². The molecule has 0 spiro atoms. The van der Waals surface area contributed by atoms with Gasteiger partial charge in [0.1, 0.15) is 0 Å². The van der Waals surface area contributed by atoms with Gasteiger partial charge < -0.3 is 10.2 Å². The first-order chi connectivity index (χ1) is 8.57. The number of nitrogens with zero attached hydrogens (tertiary/aromatic N) is 1. The minimum absolute atomic E-state index is 0.0626. The highest BCUT2D eigenvalue weighted by Crippen LogP contribution is 2.30. The van der Waals surface area contributed by atoms with Crippen LogP contribution in [0, 0.1) is 11.8 Å². The third-order valence-electron chi connectivity index (χ3n) is 4.54. The Kier molecular flexibility index (Phi) is 3.10. The lowest BCUT2D eigenvalue weighted by Gasteiger charge is -2.38. The van der Waals surface area contributed by atoms with Gasteiger partial charge in [-0.05, 0) is 25.2 Å². The van der Waals surface area contributed by atoms with Crippen LogP contribution >= 0.6 is 0 Å². The molecule has 102 valence electrons. The molecule has 3 aliphatic rings.